The van der Waals surface area contributed by atoms with E-state index >= 15 is 0 Å². The fourth-order valence-corrected chi connectivity index (χ4v) is 2.73. The van der Waals surface area contributed by atoms with Gasteiger partial charge in [-0.2, -0.15) is 0 Å². The number of nitrogens with one attached hydrogen (secondary N) is 2. The lowest BCUT2D eigenvalue weighted by Gasteiger charge is -2.50. The number of carbonyl (C=O) groups excluding carboxylic acids is 1. The van der Waals surface area contributed by atoms with Gasteiger partial charge in [-0.1, -0.05) is 13.8 Å². The Hall–Kier alpha value is -0.610. The van der Waals surface area contributed by atoms with Gasteiger partial charge in [0, 0.05) is 18.0 Å². The maximum Gasteiger partial charge on any atom is 0.227 e. The van der Waals surface area contributed by atoms with Crippen molar-refractivity contribution in [2.24, 2.45) is 10.8 Å². The van der Waals surface area contributed by atoms with Crippen LogP contribution in [-0.2, 0) is 4.79 Å². The average molecular weight is 240 g/mol. The highest BCUT2D eigenvalue weighted by molar-refractivity contribution is 5.83. The summed E-state index contributed by atoms with van der Waals surface area (Å²) in [6, 6.07) is 0.115. The lowest BCUT2D eigenvalue weighted by molar-refractivity contribution is -0.139. The fraction of sp³-hybridized carbons (Fsp3) is 0.923. The van der Waals surface area contributed by atoms with Crippen LogP contribution in [0.25, 0.3) is 0 Å². The van der Waals surface area contributed by atoms with Crippen LogP contribution in [0.15, 0.2) is 0 Å². The molecule has 0 aromatic carbocycles. The van der Waals surface area contributed by atoms with Gasteiger partial charge >= 0.3 is 0 Å². The molecular formula is C13H24N2O2. The molecule has 0 radical (unpaired) electrons. The van der Waals surface area contributed by atoms with Crippen LogP contribution < -0.4 is 10.6 Å². The molecule has 1 aliphatic carbocycles. The van der Waals surface area contributed by atoms with Gasteiger partial charge in [-0.05, 0) is 32.7 Å². The van der Waals surface area contributed by atoms with Crippen molar-refractivity contribution in [1.29, 1.82) is 0 Å². The first-order valence-corrected chi connectivity index (χ1v) is 6.56. The molecule has 3 N–H and O–H groups in total. The first-order valence-electron chi connectivity index (χ1n) is 6.56. The number of piperidine rings is 1. The van der Waals surface area contributed by atoms with E-state index in [-0.39, 0.29) is 28.9 Å². The quantitative estimate of drug-likeness (QED) is 0.664. The normalized spacial score (nSPS) is 40.5. The summed E-state index contributed by atoms with van der Waals surface area (Å²) in [5.74, 6) is 0.134. The van der Waals surface area contributed by atoms with Gasteiger partial charge in [0.25, 0.3) is 0 Å². The van der Waals surface area contributed by atoms with Crippen molar-refractivity contribution in [1.82, 2.24) is 10.6 Å². The summed E-state index contributed by atoms with van der Waals surface area (Å²) >= 11 is 0. The zero-order valence-electron chi connectivity index (χ0n) is 11.0. The Bertz CT molecular complexity index is 309. The highest BCUT2D eigenvalue weighted by Gasteiger charge is 2.49. The smallest absolute Gasteiger partial charge is 0.227 e. The highest BCUT2D eigenvalue weighted by atomic mass is 16.3. The molecule has 1 aliphatic heterocycles. The van der Waals surface area contributed by atoms with E-state index in [2.05, 4.69) is 10.6 Å². The standard InChI is InChI=1S/C13H24N2O2/c1-12(2)9(7-10(12)16)15-11(17)13(3)5-4-6-14-8-13/h9-10,14,16H,4-8H2,1-3H3,(H,15,17). The lowest BCUT2D eigenvalue weighted by Crippen LogP contribution is -2.63. The van der Waals surface area contributed by atoms with E-state index in [0.717, 1.165) is 25.9 Å². The molecule has 2 rings (SSSR count). The minimum Gasteiger partial charge on any atom is -0.392 e. The zero-order chi connectivity index (χ0) is 12.7. The summed E-state index contributed by atoms with van der Waals surface area (Å²) in [4.78, 5) is 12.3. The van der Waals surface area contributed by atoms with Crippen LogP contribution >= 0.6 is 0 Å². The molecule has 0 spiro atoms. The molecule has 1 amide bonds. The Labute approximate surface area is 103 Å². The van der Waals surface area contributed by atoms with Gasteiger partial charge in [0.1, 0.15) is 0 Å². The molecule has 98 valence electrons. The molecule has 2 fully saturated rings. The Morgan fingerprint density at radius 1 is 1.41 bits per heavy atom. The van der Waals surface area contributed by atoms with Crippen molar-refractivity contribution < 1.29 is 9.90 Å². The van der Waals surface area contributed by atoms with E-state index in [0.29, 0.717) is 6.42 Å². The van der Waals surface area contributed by atoms with Gasteiger partial charge in [0.15, 0.2) is 0 Å². The molecule has 0 aromatic heterocycles. The summed E-state index contributed by atoms with van der Waals surface area (Å²) in [6.45, 7) is 7.81. The molecule has 3 atom stereocenters. The van der Waals surface area contributed by atoms with Gasteiger partial charge in [-0.15, -0.1) is 0 Å². The Balaban J connectivity index is 1.93. The SMILES string of the molecule is CC1(C(=O)NC2CC(O)C2(C)C)CCCNC1. The van der Waals surface area contributed by atoms with Crippen LogP contribution in [0.3, 0.4) is 0 Å². The summed E-state index contributed by atoms with van der Waals surface area (Å²) in [6.07, 6.45) is 2.40. The molecule has 1 heterocycles. The maximum absolute atomic E-state index is 12.3. The first-order chi connectivity index (χ1) is 7.86. The van der Waals surface area contributed by atoms with Crippen LogP contribution in [-0.4, -0.2) is 36.2 Å². The molecule has 1 saturated carbocycles. The molecule has 1 saturated heterocycles. The van der Waals surface area contributed by atoms with Crippen molar-refractivity contribution in [3.63, 3.8) is 0 Å². The van der Waals surface area contributed by atoms with Crippen LogP contribution in [0.1, 0.15) is 40.0 Å². The molecule has 17 heavy (non-hydrogen) atoms. The number of aliphatic hydroxyl groups is 1. The molecular weight excluding hydrogens is 216 g/mol. The number of aliphatic hydroxyl groups excluding tert-OH is 1. The summed E-state index contributed by atoms with van der Waals surface area (Å²) in [7, 11) is 0. The topological polar surface area (TPSA) is 61.4 Å². The van der Waals surface area contributed by atoms with Gasteiger partial charge in [0.2, 0.25) is 5.91 Å². The van der Waals surface area contributed by atoms with Crippen LogP contribution in [0, 0.1) is 10.8 Å². The number of rotatable bonds is 2. The van der Waals surface area contributed by atoms with Crippen LogP contribution in [0.2, 0.25) is 0 Å². The number of carbonyl (C=O) groups is 1. The predicted molar refractivity (Wildman–Crippen MR) is 66.5 cm³/mol. The molecule has 0 aromatic rings. The third-order valence-corrected chi connectivity index (χ3v) is 4.67. The van der Waals surface area contributed by atoms with Gasteiger partial charge < -0.3 is 15.7 Å². The van der Waals surface area contributed by atoms with Gasteiger partial charge in [-0.3, -0.25) is 4.79 Å². The van der Waals surface area contributed by atoms with Crippen molar-refractivity contribution >= 4 is 5.91 Å². The second-order valence-electron chi connectivity index (χ2n) is 6.44. The first kappa shape index (κ1) is 12.8. The van der Waals surface area contributed by atoms with E-state index in [1.54, 1.807) is 0 Å². The van der Waals surface area contributed by atoms with Crippen LogP contribution in [0.4, 0.5) is 0 Å². The largest absolute Gasteiger partial charge is 0.392 e. The lowest BCUT2D eigenvalue weighted by atomic mass is 9.64. The molecule has 4 heteroatoms. The molecule has 0 bridgehead atoms. The third-order valence-electron chi connectivity index (χ3n) is 4.67. The minimum absolute atomic E-state index is 0.115. The zero-order valence-corrected chi connectivity index (χ0v) is 11.0. The Kier molecular flexibility index (Phi) is 3.21. The maximum atomic E-state index is 12.3. The number of hydrogen-bond donors (Lipinski definition) is 3. The van der Waals surface area contributed by atoms with Crippen molar-refractivity contribution in [3.8, 4) is 0 Å². The average Bonchev–Trinajstić information content (AvgIpc) is 2.29. The van der Waals surface area contributed by atoms with Crippen LogP contribution in [0.5, 0.6) is 0 Å². The van der Waals surface area contributed by atoms with E-state index in [1.807, 2.05) is 20.8 Å². The van der Waals surface area contributed by atoms with Crippen molar-refractivity contribution in [2.75, 3.05) is 13.1 Å². The summed E-state index contributed by atoms with van der Waals surface area (Å²) in [5.41, 5.74) is -0.469. The number of hydrogen-bond acceptors (Lipinski definition) is 3. The van der Waals surface area contributed by atoms with Crippen molar-refractivity contribution in [3.05, 3.63) is 0 Å². The Morgan fingerprint density at radius 3 is 2.59 bits per heavy atom. The second-order valence-corrected chi connectivity index (χ2v) is 6.44. The monoisotopic (exact) mass is 240 g/mol. The summed E-state index contributed by atoms with van der Waals surface area (Å²) < 4.78 is 0. The van der Waals surface area contributed by atoms with Gasteiger partial charge in [-0.25, -0.2) is 0 Å². The Morgan fingerprint density at radius 2 is 2.12 bits per heavy atom. The fourth-order valence-electron chi connectivity index (χ4n) is 2.73. The summed E-state index contributed by atoms with van der Waals surface area (Å²) in [5, 5.41) is 16.1. The number of amides is 1. The van der Waals surface area contributed by atoms with E-state index < -0.39 is 0 Å². The van der Waals surface area contributed by atoms with Gasteiger partial charge in [0.05, 0.1) is 11.5 Å². The predicted octanol–water partition coefficient (Wildman–Crippen LogP) is 0.652. The molecule has 3 unspecified atom stereocenters. The molecule has 4 nitrogen and oxygen atoms in total. The highest BCUT2D eigenvalue weighted by Crippen LogP contribution is 2.41. The molecule has 2 aliphatic rings. The van der Waals surface area contributed by atoms with Crippen molar-refractivity contribution in [2.45, 2.75) is 52.2 Å². The van der Waals surface area contributed by atoms with E-state index in [9.17, 15) is 9.90 Å². The minimum atomic E-state index is -0.287. The third kappa shape index (κ3) is 2.20. The van der Waals surface area contributed by atoms with E-state index in [4.69, 9.17) is 0 Å². The second kappa shape index (κ2) is 4.25. The van der Waals surface area contributed by atoms with E-state index in [1.165, 1.54) is 0 Å².